The molecular formula is C17H12NO3S. The number of nitrogens with zero attached hydrogens (tertiary/aromatic N) is 1. The Balaban J connectivity index is 2.22. The molecule has 0 unspecified atom stereocenters. The van der Waals surface area contributed by atoms with Crippen LogP contribution in [-0.2, 0) is 14.8 Å². The van der Waals surface area contributed by atoms with Crippen molar-refractivity contribution >= 4 is 32.9 Å². The van der Waals surface area contributed by atoms with Crippen molar-refractivity contribution in [2.75, 3.05) is 4.31 Å². The number of anilines is 1. The number of carbonyl (C=O) groups is 1. The Morgan fingerprint density at radius 1 is 0.909 bits per heavy atom. The van der Waals surface area contributed by atoms with Gasteiger partial charge in [0.2, 0.25) is 6.41 Å². The number of sulfonamides is 1. The van der Waals surface area contributed by atoms with Gasteiger partial charge in [0, 0.05) is 5.39 Å². The predicted molar refractivity (Wildman–Crippen MR) is 85.0 cm³/mol. The molecule has 0 spiro atoms. The lowest BCUT2D eigenvalue weighted by Crippen LogP contribution is -2.29. The van der Waals surface area contributed by atoms with Crippen LogP contribution in [-0.4, -0.2) is 14.8 Å². The van der Waals surface area contributed by atoms with Gasteiger partial charge < -0.3 is 0 Å². The minimum absolute atomic E-state index is 0.102. The second-order valence-electron chi connectivity index (χ2n) is 4.64. The van der Waals surface area contributed by atoms with Gasteiger partial charge in [0.15, 0.2) is 0 Å². The minimum atomic E-state index is -3.98. The highest BCUT2D eigenvalue weighted by molar-refractivity contribution is 7.93. The van der Waals surface area contributed by atoms with Gasteiger partial charge in [-0.2, -0.15) is 0 Å². The van der Waals surface area contributed by atoms with Gasteiger partial charge in [-0.3, -0.25) is 4.79 Å². The maximum absolute atomic E-state index is 12.9. The van der Waals surface area contributed by atoms with Gasteiger partial charge in [0.25, 0.3) is 10.0 Å². The van der Waals surface area contributed by atoms with Gasteiger partial charge in [0.1, 0.15) is 0 Å². The molecule has 4 nitrogen and oxygen atoms in total. The Bertz CT molecular complexity index is 916. The first-order valence-electron chi connectivity index (χ1n) is 6.58. The standard InChI is InChI=1S/C17H12NO3S/c19-13-18(15-9-2-1-3-10-15)22(20,21)17-12-6-8-14-7-4-5-11-16(14)17/h2-13H. The smallest absolute Gasteiger partial charge is 0.271 e. The summed E-state index contributed by atoms with van der Waals surface area (Å²) in [5.41, 5.74) is 0.279. The molecule has 0 aliphatic carbocycles. The van der Waals surface area contributed by atoms with Gasteiger partial charge in [-0.25, -0.2) is 12.7 Å². The lowest BCUT2D eigenvalue weighted by molar-refractivity contribution is -0.106. The SMILES string of the molecule is O=CN(c1cc[c]cc1)S(=O)(=O)c1cccc2ccccc12. The predicted octanol–water partition coefficient (Wildman–Crippen LogP) is 2.99. The highest BCUT2D eigenvalue weighted by atomic mass is 32.2. The van der Waals surface area contributed by atoms with Crippen molar-refractivity contribution in [3.63, 3.8) is 0 Å². The zero-order chi connectivity index (χ0) is 15.6. The summed E-state index contributed by atoms with van der Waals surface area (Å²) in [6.07, 6.45) is 0.312. The van der Waals surface area contributed by atoms with Crippen LogP contribution in [0.4, 0.5) is 5.69 Å². The van der Waals surface area contributed by atoms with Gasteiger partial charge in [-0.15, -0.1) is 0 Å². The van der Waals surface area contributed by atoms with Crippen molar-refractivity contribution in [3.05, 3.63) is 72.8 Å². The van der Waals surface area contributed by atoms with Gasteiger partial charge in [0.05, 0.1) is 10.6 Å². The topological polar surface area (TPSA) is 54.5 Å². The first-order chi connectivity index (χ1) is 10.6. The van der Waals surface area contributed by atoms with Crippen LogP contribution in [0.15, 0.2) is 71.6 Å². The summed E-state index contributed by atoms with van der Waals surface area (Å²) in [5.74, 6) is 0. The fraction of sp³-hybridized carbons (Fsp3) is 0. The maximum Gasteiger partial charge on any atom is 0.271 e. The molecule has 5 heteroatoms. The molecule has 0 saturated heterocycles. The van der Waals surface area contributed by atoms with E-state index in [1.54, 1.807) is 30.3 Å². The molecule has 3 aromatic rings. The fourth-order valence-corrected chi connectivity index (χ4v) is 3.75. The number of amides is 1. The maximum atomic E-state index is 12.9. The van der Waals surface area contributed by atoms with Gasteiger partial charge in [-0.05, 0) is 29.7 Å². The lowest BCUT2D eigenvalue weighted by Gasteiger charge is -2.18. The molecule has 1 radical (unpaired) electrons. The third-order valence-electron chi connectivity index (χ3n) is 3.34. The second kappa shape index (κ2) is 5.61. The molecule has 0 N–H and O–H groups in total. The van der Waals surface area contributed by atoms with Crippen molar-refractivity contribution in [1.82, 2.24) is 0 Å². The van der Waals surface area contributed by atoms with Crippen molar-refractivity contribution in [3.8, 4) is 0 Å². The molecule has 0 aromatic heterocycles. The van der Waals surface area contributed by atoms with Crippen LogP contribution < -0.4 is 4.31 Å². The summed E-state index contributed by atoms with van der Waals surface area (Å²) in [7, 11) is -3.98. The van der Waals surface area contributed by atoms with E-state index in [-0.39, 0.29) is 10.6 Å². The number of benzene rings is 3. The quantitative estimate of drug-likeness (QED) is 0.696. The van der Waals surface area contributed by atoms with Gasteiger partial charge >= 0.3 is 0 Å². The third kappa shape index (κ3) is 2.35. The highest BCUT2D eigenvalue weighted by Crippen LogP contribution is 2.27. The highest BCUT2D eigenvalue weighted by Gasteiger charge is 2.26. The van der Waals surface area contributed by atoms with Crippen molar-refractivity contribution in [2.45, 2.75) is 4.90 Å². The van der Waals surface area contributed by atoms with E-state index in [2.05, 4.69) is 6.07 Å². The monoisotopic (exact) mass is 310 g/mol. The molecule has 3 aromatic carbocycles. The molecule has 22 heavy (non-hydrogen) atoms. The molecule has 0 aliphatic heterocycles. The van der Waals surface area contributed by atoms with E-state index in [1.807, 2.05) is 18.2 Å². The van der Waals surface area contributed by atoms with Gasteiger partial charge in [-0.1, -0.05) is 48.5 Å². The average Bonchev–Trinajstić information content (AvgIpc) is 2.55. The number of carbonyl (C=O) groups excluding carboxylic acids is 1. The lowest BCUT2D eigenvalue weighted by atomic mass is 10.1. The fourth-order valence-electron chi connectivity index (χ4n) is 2.31. The Labute approximate surface area is 128 Å². The zero-order valence-corrected chi connectivity index (χ0v) is 12.3. The molecule has 0 aliphatic rings. The average molecular weight is 310 g/mol. The van der Waals surface area contributed by atoms with Crippen molar-refractivity contribution in [2.24, 2.45) is 0 Å². The Morgan fingerprint density at radius 3 is 2.32 bits per heavy atom. The third-order valence-corrected chi connectivity index (χ3v) is 5.06. The molecule has 0 fully saturated rings. The van der Waals surface area contributed by atoms with E-state index in [0.717, 1.165) is 9.69 Å². The van der Waals surface area contributed by atoms with E-state index < -0.39 is 10.0 Å². The van der Waals surface area contributed by atoms with E-state index in [4.69, 9.17) is 0 Å². The van der Waals surface area contributed by atoms with Crippen LogP contribution in [0, 0.1) is 6.07 Å². The summed E-state index contributed by atoms with van der Waals surface area (Å²) >= 11 is 0. The van der Waals surface area contributed by atoms with Crippen LogP contribution in [0.2, 0.25) is 0 Å². The first kappa shape index (κ1) is 14.3. The van der Waals surface area contributed by atoms with E-state index >= 15 is 0 Å². The summed E-state index contributed by atoms with van der Waals surface area (Å²) < 4.78 is 26.5. The van der Waals surface area contributed by atoms with Crippen LogP contribution in [0.5, 0.6) is 0 Å². The molecule has 3 rings (SSSR count). The van der Waals surface area contributed by atoms with Crippen molar-refractivity contribution in [1.29, 1.82) is 0 Å². The number of fused-ring (bicyclic) bond motifs is 1. The van der Waals surface area contributed by atoms with E-state index in [1.165, 1.54) is 18.2 Å². The largest absolute Gasteiger partial charge is 0.277 e. The second-order valence-corrected chi connectivity index (χ2v) is 6.43. The molecule has 109 valence electrons. The zero-order valence-electron chi connectivity index (χ0n) is 11.5. The Kier molecular flexibility index (Phi) is 3.65. The summed E-state index contributed by atoms with van der Waals surface area (Å²) in [5, 5.41) is 1.38. The number of rotatable bonds is 4. The summed E-state index contributed by atoms with van der Waals surface area (Å²) in [6.45, 7) is 0. The van der Waals surface area contributed by atoms with Crippen LogP contribution >= 0.6 is 0 Å². The molecule has 0 saturated carbocycles. The Hall–Kier alpha value is -2.66. The summed E-state index contributed by atoms with van der Waals surface area (Å²) in [4.78, 5) is 11.5. The van der Waals surface area contributed by atoms with E-state index in [9.17, 15) is 13.2 Å². The molecule has 0 bridgehead atoms. The first-order valence-corrected chi connectivity index (χ1v) is 8.02. The van der Waals surface area contributed by atoms with Crippen LogP contribution in [0.3, 0.4) is 0 Å². The number of hydrogen-bond donors (Lipinski definition) is 0. The minimum Gasteiger partial charge on any atom is -0.277 e. The number of hydrogen-bond acceptors (Lipinski definition) is 3. The molecule has 0 heterocycles. The van der Waals surface area contributed by atoms with Crippen molar-refractivity contribution < 1.29 is 13.2 Å². The normalized spacial score (nSPS) is 11.3. The molecule has 1 amide bonds. The van der Waals surface area contributed by atoms with E-state index in [0.29, 0.717) is 11.8 Å². The molecular weight excluding hydrogens is 298 g/mol. The van der Waals surface area contributed by atoms with Crippen LogP contribution in [0.25, 0.3) is 10.8 Å². The summed E-state index contributed by atoms with van der Waals surface area (Å²) in [6, 6.07) is 21.1. The van der Waals surface area contributed by atoms with Crippen LogP contribution in [0.1, 0.15) is 0 Å². The Morgan fingerprint density at radius 2 is 1.59 bits per heavy atom. The molecule has 0 atom stereocenters.